The van der Waals surface area contributed by atoms with Crippen LogP contribution >= 0.6 is 22.6 Å². The van der Waals surface area contributed by atoms with Gasteiger partial charge in [0.15, 0.2) is 11.5 Å². The molecule has 1 aliphatic carbocycles. The predicted molar refractivity (Wildman–Crippen MR) is 121 cm³/mol. The lowest BCUT2D eigenvalue weighted by atomic mass is 9.90. The molecule has 0 aliphatic heterocycles. The van der Waals surface area contributed by atoms with Crippen molar-refractivity contribution in [3.05, 3.63) is 33.7 Å². The molecule has 2 heterocycles. The first kappa shape index (κ1) is 19.2. The van der Waals surface area contributed by atoms with Crippen LogP contribution in [-0.4, -0.2) is 31.6 Å². The predicted octanol–water partition coefficient (Wildman–Crippen LogP) is 2.41. The van der Waals surface area contributed by atoms with E-state index in [-0.39, 0.29) is 6.04 Å². The van der Waals surface area contributed by atoms with Gasteiger partial charge in [-0.1, -0.05) is 0 Å². The number of imidazole rings is 1. The van der Waals surface area contributed by atoms with Crippen molar-refractivity contribution in [1.82, 2.24) is 19.5 Å². The third-order valence-electron chi connectivity index (χ3n) is 5.46. The first-order valence-corrected chi connectivity index (χ1v) is 10.5. The van der Waals surface area contributed by atoms with Crippen LogP contribution in [0.15, 0.2) is 24.5 Å². The second kappa shape index (κ2) is 7.70. The second-order valence-corrected chi connectivity index (χ2v) is 8.72. The molecule has 0 bridgehead atoms. The number of fused-ring (bicyclic) bond motifs is 1. The maximum Gasteiger partial charge on any atom is 0.230 e. The molecule has 4 rings (SSSR count). The van der Waals surface area contributed by atoms with Crippen molar-refractivity contribution in [2.45, 2.75) is 44.3 Å². The number of aromatic nitrogens is 4. The summed E-state index contributed by atoms with van der Waals surface area (Å²) in [6.45, 7) is 0.630. The number of nitrogens with zero attached hydrogens (tertiary/aromatic N) is 5. The molecule has 6 N–H and O–H groups in total. The van der Waals surface area contributed by atoms with Gasteiger partial charge >= 0.3 is 0 Å². The van der Waals surface area contributed by atoms with Crippen LogP contribution in [0.3, 0.4) is 0 Å². The highest BCUT2D eigenvalue weighted by Gasteiger charge is 2.28. The fraction of sp³-hybridized carbons (Fsp3) is 0.421. The van der Waals surface area contributed by atoms with Crippen LogP contribution < -0.4 is 22.1 Å². The normalized spacial score (nSPS) is 19.8. The molecule has 9 heteroatoms. The molecule has 1 aromatic carbocycles. The lowest BCUT2D eigenvalue weighted by Crippen LogP contribution is -2.41. The standard InChI is InChI=1S/C19H25IN8/c1-27-10-24-16-17(23)25-19(26-18(16)27)28(14-5-3-13(21)4-6-14)9-11-8-12(20)2-7-15(11)22/h2,7-8,10,13-14H,3-6,9,21-22H2,1H3,(H2,23,25,26). The number of hydrogen-bond donors (Lipinski definition) is 3. The van der Waals surface area contributed by atoms with Gasteiger partial charge in [-0.2, -0.15) is 9.97 Å². The molecule has 0 spiro atoms. The number of hydrogen-bond acceptors (Lipinski definition) is 7. The molecule has 0 saturated heterocycles. The molecule has 1 fully saturated rings. The minimum absolute atomic E-state index is 0.270. The molecular weight excluding hydrogens is 467 g/mol. The SMILES string of the molecule is Cn1cnc2c(N)nc(N(Cc3cc(I)ccc3N)C3CCC(N)CC3)nc21. The summed E-state index contributed by atoms with van der Waals surface area (Å²) in [5.41, 5.74) is 21.8. The van der Waals surface area contributed by atoms with Crippen molar-refractivity contribution in [2.24, 2.45) is 12.8 Å². The molecule has 3 aromatic rings. The summed E-state index contributed by atoms with van der Waals surface area (Å²) in [4.78, 5) is 15.9. The quantitative estimate of drug-likeness (QED) is 0.377. The van der Waals surface area contributed by atoms with E-state index in [2.05, 4.69) is 43.5 Å². The topological polar surface area (TPSA) is 125 Å². The lowest BCUT2D eigenvalue weighted by Gasteiger charge is -2.36. The van der Waals surface area contributed by atoms with E-state index >= 15 is 0 Å². The van der Waals surface area contributed by atoms with E-state index in [0.717, 1.165) is 46.2 Å². The fourth-order valence-corrected chi connectivity index (χ4v) is 4.37. The molecule has 28 heavy (non-hydrogen) atoms. The zero-order chi connectivity index (χ0) is 19.8. The number of rotatable bonds is 4. The minimum atomic E-state index is 0.270. The summed E-state index contributed by atoms with van der Waals surface area (Å²) < 4.78 is 3.01. The van der Waals surface area contributed by atoms with Gasteiger partial charge in [-0.25, -0.2) is 4.98 Å². The van der Waals surface area contributed by atoms with Crippen molar-refractivity contribution in [3.63, 3.8) is 0 Å². The molecule has 0 atom stereocenters. The average Bonchev–Trinajstić information content (AvgIpc) is 3.05. The first-order chi connectivity index (χ1) is 13.4. The van der Waals surface area contributed by atoms with Crippen molar-refractivity contribution < 1.29 is 0 Å². The zero-order valence-corrected chi connectivity index (χ0v) is 18.0. The third kappa shape index (κ3) is 3.72. The van der Waals surface area contributed by atoms with Crippen LogP contribution in [0.25, 0.3) is 11.2 Å². The van der Waals surface area contributed by atoms with Gasteiger partial charge in [0, 0.05) is 34.9 Å². The number of benzene rings is 1. The van der Waals surface area contributed by atoms with E-state index in [1.54, 1.807) is 6.33 Å². The molecule has 2 aromatic heterocycles. The van der Waals surface area contributed by atoms with E-state index in [9.17, 15) is 0 Å². The van der Waals surface area contributed by atoms with E-state index in [0.29, 0.717) is 29.9 Å². The Hall–Kier alpha value is -2.14. The van der Waals surface area contributed by atoms with Gasteiger partial charge < -0.3 is 26.7 Å². The Morgan fingerprint density at radius 2 is 1.93 bits per heavy atom. The molecule has 1 saturated carbocycles. The molecule has 0 radical (unpaired) electrons. The van der Waals surface area contributed by atoms with Gasteiger partial charge in [0.25, 0.3) is 0 Å². The zero-order valence-electron chi connectivity index (χ0n) is 15.8. The van der Waals surface area contributed by atoms with Gasteiger partial charge in [-0.3, -0.25) is 0 Å². The van der Waals surface area contributed by atoms with Gasteiger partial charge in [0.1, 0.15) is 5.52 Å². The molecule has 0 amide bonds. The number of aryl methyl sites for hydroxylation is 1. The van der Waals surface area contributed by atoms with Gasteiger partial charge in [0.05, 0.1) is 6.33 Å². The van der Waals surface area contributed by atoms with Crippen LogP contribution in [0.4, 0.5) is 17.5 Å². The van der Waals surface area contributed by atoms with Crippen LogP contribution in [0, 0.1) is 3.57 Å². The maximum absolute atomic E-state index is 6.27. The van der Waals surface area contributed by atoms with Crippen molar-refractivity contribution >= 4 is 51.2 Å². The Bertz CT molecular complexity index is 993. The summed E-state index contributed by atoms with van der Waals surface area (Å²) in [6, 6.07) is 6.64. The van der Waals surface area contributed by atoms with E-state index < -0.39 is 0 Å². The molecule has 8 nitrogen and oxygen atoms in total. The molecule has 0 unspecified atom stereocenters. The highest BCUT2D eigenvalue weighted by Crippen LogP contribution is 2.30. The third-order valence-corrected chi connectivity index (χ3v) is 6.13. The summed E-state index contributed by atoms with van der Waals surface area (Å²) >= 11 is 2.31. The van der Waals surface area contributed by atoms with Gasteiger partial charge in [0.2, 0.25) is 5.95 Å². The summed E-state index contributed by atoms with van der Waals surface area (Å²) in [5, 5.41) is 0. The Labute approximate surface area is 177 Å². The first-order valence-electron chi connectivity index (χ1n) is 9.43. The Kier molecular flexibility index (Phi) is 5.28. The number of halogens is 1. The van der Waals surface area contributed by atoms with Gasteiger partial charge in [-0.15, -0.1) is 0 Å². The summed E-state index contributed by atoms with van der Waals surface area (Å²) in [5.74, 6) is 1.01. The molecule has 1 aliphatic rings. The summed E-state index contributed by atoms with van der Waals surface area (Å²) in [7, 11) is 1.91. The van der Waals surface area contributed by atoms with E-state index in [4.69, 9.17) is 22.2 Å². The monoisotopic (exact) mass is 492 g/mol. The molecular formula is C19H25IN8. The number of nitrogen functional groups attached to an aromatic ring is 2. The number of anilines is 3. The van der Waals surface area contributed by atoms with Crippen LogP contribution in [0.1, 0.15) is 31.2 Å². The maximum atomic E-state index is 6.27. The van der Waals surface area contributed by atoms with Gasteiger partial charge in [-0.05, 0) is 72.0 Å². The van der Waals surface area contributed by atoms with Crippen LogP contribution in [-0.2, 0) is 13.6 Å². The Morgan fingerprint density at radius 3 is 2.68 bits per heavy atom. The summed E-state index contributed by atoms with van der Waals surface area (Å²) in [6.07, 6.45) is 5.69. The van der Waals surface area contributed by atoms with Crippen molar-refractivity contribution in [1.29, 1.82) is 0 Å². The minimum Gasteiger partial charge on any atom is -0.398 e. The van der Waals surface area contributed by atoms with Crippen LogP contribution in [0.2, 0.25) is 0 Å². The van der Waals surface area contributed by atoms with E-state index in [1.165, 1.54) is 0 Å². The lowest BCUT2D eigenvalue weighted by molar-refractivity contribution is 0.371. The highest BCUT2D eigenvalue weighted by molar-refractivity contribution is 14.1. The fourth-order valence-electron chi connectivity index (χ4n) is 3.82. The van der Waals surface area contributed by atoms with Crippen molar-refractivity contribution in [2.75, 3.05) is 16.4 Å². The molecule has 148 valence electrons. The second-order valence-electron chi connectivity index (χ2n) is 7.48. The average molecular weight is 492 g/mol. The van der Waals surface area contributed by atoms with Crippen molar-refractivity contribution in [3.8, 4) is 0 Å². The smallest absolute Gasteiger partial charge is 0.230 e. The Balaban J connectivity index is 1.76. The van der Waals surface area contributed by atoms with E-state index in [1.807, 2.05) is 23.7 Å². The largest absolute Gasteiger partial charge is 0.398 e. The highest BCUT2D eigenvalue weighted by atomic mass is 127. The Morgan fingerprint density at radius 1 is 1.18 bits per heavy atom. The van der Waals surface area contributed by atoms with Crippen LogP contribution in [0.5, 0.6) is 0 Å². The number of nitrogens with two attached hydrogens (primary N) is 3.